The average molecular weight is 367 g/mol. The summed E-state index contributed by atoms with van der Waals surface area (Å²) < 4.78 is 27.2. The van der Waals surface area contributed by atoms with Crippen LogP contribution in [0.25, 0.3) is 0 Å². The average Bonchev–Trinajstić information content (AvgIpc) is 2.56. The van der Waals surface area contributed by atoms with Crippen molar-refractivity contribution in [2.75, 3.05) is 22.7 Å². The lowest BCUT2D eigenvalue weighted by molar-refractivity contribution is 0.434. The van der Waals surface area contributed by atoms with Crippen LogP contribution in [0.15, 0.2) is 41.6 Å². The number of rotatable bonds is 4. The predicted octanol–water partition coefficient (Wildman–Crippen LogP) is 3.17. The highest BCUT2D eigenvalue weighted by molar-refractivity contribution is 7.92. The summed E-state index contributed by atoms with van der Waals surface area (Å²) in [5.74, 6) is 1.36. The van der Waals surface area contributed by atoms with Crippen LogP contribution >= 0.6 is 11.6 Å². The first-order chi connectivity index (χ1) is 11.4. The fourth-order valence-corrected chi connectivity index (χ4v) is 3.92. The highest BCUT2D eigenvalue weighted by Gasteiger charge is 2.19. The maximum absolute atomic E-state index is 12.3. The van der Waals surface area contributed by atoms with Crippen molar-refractivity contribution < 1.29 is 8.42 Å². The number of hydrogen-bond donors (Lipinski definition) is 1. The monoisotopic (exact) mass is 366 g/mol. The van der Waals surface area contributed by atoms with Crippen LogP contribution in [0.1, 0.15) is 19.8 Å². The first-order valence-corrected chi connectivity index (χ1v) is 9.65. The third-order valence-electron chi connectivity index (χ3n) is 4.06. The van der Waals surface area contributed by atoms with Crippen LogP contribution in [0, 0.1) is 5.92 Å². The van der Waals surface area contributed by atoms with Crippen LogP contribution in [-0.4, -0.2) is 31.5 Å². The maximum Gasteiger partial charge on any atom is 0.262 e. The fourth-order valence-electron chi connectivity index (χ4n) is 2.59. The number of benzene rings is 1. The number of nitrogens with zero attached hydrogens (tertiary/aromatic N) is 3. The van der Waals surface area contributed by atoms with Gasteiger partial charge in [0.05, 0.1) is 23.0 Å². The van der Waals surface area contributed by atoms with E-state index in [1.54, 1.807) is 12.1 Å². The van der Waals surface area contributed by atoms with Crippen molar-refractivity contribution in [3.05, 3.63) is 41.7 Å². The van der Waals surface area contributed by atoms with Gasteiger partial charge in [0.2, 0.25) is 5.95 Å². The van der Waals surface area contributed by atoms with Crippen LogP contribution in [0.5, 0.6) is 0 Å². The molecule has 128 valence electrons. The van der Waals surface area contributed by atoms with Crippen LogP contribution in [0.4, 0.5) is 11.6 Å². The number of anilines is 2. The molecule has 1 fully saturated rings. The Balaban J connectivity index is 1.72. The summed E-state index contributed by atoms with van der Waals surface area (Å²) in [4.78, 5) is 10.8. The zero-order valence-corrected chi connectivity index (χ0v) is 14.9. The Morgan fingerprint density at radius 1 is 1.21 bits per heavy atom. The highest BCUT2D eigenvalue weighted by Crippen LogP contribution is 2.22. The molecule has 0 unspecified atom stereocenters. The van der Waals surface area contributed by atoms with E-state index >= 15 is 0 Å². The largest absolute Gasteiger partial charge is 0.341 e. The van der Waals surface area contributed by atoms with Gasteiger partial charge in [0.25, 0.3) is 10.0 Å². The van der Waals surface area contributed by atoms with Gasteiger partial charge in [-0.05, 0) is 37.0 Å². The van der Waals surface area contributed by atoms with Crippen molar-refractivity contribution in [3.63, 3.8) is 0 Å². The van der Waals surface area contributed by atoms with Crippen molar-refractivity contribution in [1.82, 2.24) is 9.97 Å². The first kappa shape index (κ1) is 17.0. The summed E-state index contributed by atoms with van der Waals surface area (Å²) in [5, 5.41) is 0.365. The van der Waals surface area contributed by atoms with E-state index in [2.05, 4.69) is 26.5 Å². The molecule has 0 spiro atoms. The Hall–Kier alpha value is -1.86. The molecule has 0 amide bonds. The molecule has 1 aliphatic rings. The fraction of sp³-hybridized carbons (Fsp3) is 0.375. The van der Waals surface area contributed by atoms with Crippen molar-refractivity contribution in [1.29, 1.82) is 0 Å². The number of sulfonamides is 1. The second-order valence-corrected chi connectivity index (χ2v) is 8.12. The molecule has 1 aliphatic heterocycles. The molecule has 2 aromatic rings. The standard InChI is InChI=1S/C16H19ClN4O2S/c1-12-5-7-21(8-6-12)16-18-10-14(11-19-16)20-24(22,23)15-4-2-3-13(17)9-15/h2-4,9-12,20H,5-8H2,1H3. The summed E-state index contributed by atoms with van der Waals surface area (Å²) in [7, 11) is -3.71. The molecule has 1 N–H and O–H groups in total. The number of hydrogen-bond acceptors (Lipinski definition) is 5. The van der Waals surface area contributed by atoms with E-state index in [1.807, 2.05) is 0 Å². The van der Waals surface area contributed by atoms with Gasteiger partial charge in [0.15, 0.2) is 0 Å². The van der Waals surface area contributed by atoms with Crippen molar-refractivity contribution in [3.8, 4) is 0 Å². The van der Waals surface area contributed by atoms with E-state index in [1.165, 1.54) is 24.5 Å². The third kappa shape index (κ3) is 3.96. The molecule has 0 atom stereocenters. The van der Waals surface area contributed by atoms with Crippen molar-refractivity contribution in [2.24, 2.45) is 5.92 Å². The second-order valence-electron chi connectivity index (χ2n) is 6.00. The molecule has 1 aromatic carbocycles. The number of aromatic nitrogens is 2. The molecule has 24 heavy (non-hydrogen) atoms. The topological polar surface area (TPSA) is 75.2 Å². The molecular weight excluding hydrogens is 348 g/mol. The van der Waals surface area contributed by atoms with Gasteiger partial charge < -0.3 is 4.90 Å². The Morgan fingerprint density at radius 3 is 2.50 bits per heavy atom. The Morgan fingerprint density at radius 2 is 1.88 bits per heavy atom. The van der Waals surface area contributed by atoms with Gasteiger partial charge in [-0.1, -0.05) is 24.6 Å². The number of halogens is 1. The van der Waals surface area contributed by atoms with Crippen LogP contribution in [0.3, 0.4) is 0 Å². The first-order valence-electron chi connectivity index (χ1n) is 7.79. The summed E-state index contributed by atoms with van der Waals surface area (Å²) in [6.45, 7) is 4.09. The van der Waals surface area contributed by atoms with E-state index < -0.39 is 10.0 Å². The zero-order chi connectivity index (χ0) is 17.2. The Bertz CT molecular complexity index is 803. The molecule has 0 radical (unpaired) electrons. The number of nitrogens with one attached hydrogen (secondary N) is 1. The smallest absolute Gasteiger partial charge is 0.262 e. The van der Waals surface area contributed by atoms with E-state index in [-0.39, 0.29) is 4.90 Å². The van der Waals surface area contributed by atoms with Gasteiger partial charge in [-0.25, -0.2) is 18.4 Å². The number of piperidine rings is 1. The molecular formula is C16H19ClN4O2S. The lowest BCUT2D eigenvalue weighted by Gasteiger charge is -2.30. The molecule has 1 aromatic heterocycles. The van der Waals surface area contributed by atoms with Gasteiger partial charge in [-0.2, -0.15) is 0 Å². The summed E-state index contributed by atoms with van der Waals surface area (Å²) in [6.07, 6.45) is 5.21. The predicted molar refractivity (Wildman–Crippen MR) is 94.9 cm³/mol. The zero-order valence-electron chi connectivity index (χ0n) is 13.3. The molecule has 3 rings (SSSR count). The normalized spacial score (nSPS) is 16.2. The molecule has 2 heterocycles. The SMILES string of the molecule is CC1CCN(c2ncc(NS(=O)(=O)c3cccc(Cl)c3)cn2)CC1. The van der Waals surface area contributed by atoms with Gasteiger partial charge in [-0.3, -0.25) is 4.72 Å². The minimum Gasteiger partial charge on any atom is -0.341 e. The molecule has 1 saturated heterocycles. The van der Waals surface area contributed by atoms with Gasteiger partial charge in [0, 0.05) is 18.1 Å². The van der Waals surface area contributed by atoms with E-state index in [4.69, 9.17) is 11.6 Å². The summed E-state index contributed by atoms with van der Waals surface area (Å²) >= 11 is 5.85. The van der Waals surface area contributed by atoms with E-state index in [0.717, 1.165) is 31.8 Å². The highest BCUT2D eigenvalue weighted by atomic mass is 35.5. The van der Waals surface area contributed by atoms with Gasteiger partial charge in [0.1, 0.15) is 0 Å². The second kappa shape index (κ2) is 6.94. The minimum atomic E-state index is -3.71. The van der Waals surface area contributed by atoms with Crippen LogP contribution in [-0.2, 0) is 10.0 Å². The van der Waals surface area contributed by atoms with E-state index in [9.17, 15) is 8.42 Å². The molecule has 0 aliphatic carbocycles. The molecule has 8 heteroatoms. The van der Waals surface area contributed by atoms with Crippen molar-refractivity contribution in [2.45, 2.75) is 24.7 Å². The molecule has 0 saturated carbocycles. The van der Waals surface area contributed by atoms with Crippen LogP contribution < -0.4 is 9.62 Å². The maximum atomic E-state index is 12.3. The van der Waals surface area contributed by atoms with E-state index in [0.29, 0.717) is 16.7 Å². The lowest BCUT2D eigenvalue weighted by Crippen LogP contribution is -2.34. The summed E-state index contributed by atoms with van der Waals surface area (Å²) in [6, 6.07) is 6.10. The third-order valence-corrected chi connectivity index (χ3v) is 5.68. The quantitative estimate of drug-likeness (QED) is 0.899. The molecule has 0 bridgehead atoms. The van der Waals surface area contributed by atoms with Crippen LogP contribution in [0.2, 0.25) is 5.02 Å². The minimum absolute atomic E-state index is 0.101. The lowest BCUT2D eigenvalue weighted by atomic mass is 10.00. The Kier molecular flexibility index (Phi) is 4.91. The van der Waals surface area contributed by atoms with Gasteiger partial charge >= 0.3 is 0 Å². The Labute approximate surface area is 146 Å². The van der Waals surface area contributed by atoms with Gasteiger partial charge in [-0.15, -0.1) is 0 Å². The van der Waals surface area contributed by atoms with Crippen molar-refractivity contribution >= 4 is 33.3 Å². The summed E-state index contributed by atoms with van der Waals surface area (Å²) in [5.41, 5.74) is 0.323. The molecule has 6 nitrogen and oxygen atoms in total.